The molecule has 10 heteroatoms. The fraction of sp³-hybridized carbons (Fsp3) is 0.345. The predicted octanol–water partition coefficient (Wildman–Crippen LogP) is 4.40. The summed E-state index contributed by atoms with van der Waals surface area (Å²) in [5, 5.41) is 2.89. The second kappa shape index (κ2) is 11.9. The zero-order valence-corrected chi connectivity index (χ0v) is 22.8. The van der Waals surface area contributed by atoms with Gasteiger partial charge in [0.15, 0.2) is 5.82 Å². The Hall–Kier alpha value is -4.47. The molecule has 4 rings (SSSR count). The molecule has 0 radical (unpaired) electrons. The molecule has 1 aliphatic rings. The van der Waals surface area contributed by atoms with Gasteiger partial charge in [0.25, 0.3) is 5.91 Å². The number of urea groups is 1. The van der Waals surface area contributed by atoms with E-state index in [1.54, 1.807) is 61.9 Å². The molecule has 1 unspecified atom stereocenters. The third-order valence-electron chi connectivity index (χ3n) is 6.37. The third kappa shape index (κ3) is 6.34. The van der Waals surface area contributed by atoms with Crippen LogP contribution in [-0.4, -0.2) is 76.6 Å². The van der Waals surface area contributed by atoms with Gasteiger partial charge >= 0.3 is 12.0 Å². The van der Waals surface area contributed by atoms with Gasteiger partial charge < -0.3 is 24.6 Å². The Labute approximate surface area is 228 Å². The highest BCUT2D eigenvalue weighted by Crippen LogP contribution is 2.23. The summed E-state index contributed by atoms with van der Waals surface area (Å²) in [7, 11) is 1.56. The van der Waals surface area contributed by atoms with Crippen molar-refractivity contribution in [2.24, 2.45) is 0 Å². The molecule has 204 valence electrons. The fourth-order valence-corrected chi connectivity index (χ4v) is 4.45. The van der Waals surface area contributed by atoms with E-state index in [1.165, 1.54) is 0 Å². The van der Waals surface area contributed by atoms with Crippen molar-refractivity contribution in [1.29, 1.82) is 0 Å². The average molecular weight is 532 g/mol. The average Bonchev–Trinajstić information content (AvgIpc) is 2.92. The predicted molar refractivity (Wildman–Crippen MR) is 147 cm³/mol. The molecule has 1 aromatic heterocycles. The van der Waals surface area contributed by atoms with Crippen molar-refractivity contribution < 1.29 is 23.9 Å². The smallest absolute Gasteiger partial charge is 0.342 e. The van der Waals surface area contributed by atoms with Crippen LogP contribution in [0.4, 0.5) is 10.5 Å². The van der Waals surface area contributed by atoms with Crippen LogP contribution < -0.4 is 10.1 Å². The Morgan fingerprint density at radius 3 is 2.44 bits per heavy atom. The molecule has 0 bridgehead atoms. The number of carbonyl (C=O) groups excluding carboxylic acids is 3. The molecule has 1 saturated heterocycles. The molecule has 1 N–H and O–H groups in total. The number of rotatable bonds is 6. The van der Waals surface area contributed by atoms with Crippen molar-refractivity contribution in [2.75, 3.05) is 32.1 Å². The number of amides is 3. The lowest BCUT2D eigenvalue weighted by Gasteiger charge is -2.39. The van der Waals surface area contributed by atoms with Crippen LogP contribution in [-0.2, 0) is 4.74 Å². The van der Waals surface area contributed by atoms with Crippen molar-refractivity contribution in [1.82, 2.24) is 19.8 Å². The van der Waals surface area contributed by atoms with Gasteiger partial charge in [-0.1, -0.05) is 36.4 Å². The minimum atomic E-state index is -0.644. The molecule has 1 aliphatic heterocycles. The number of aromatic nitrogens is 2. The molecule has 2 aromatic carbocycles. The molecule has 0 saturated carbocycles. The van der Waals surface area contributed by atoms with E-state index in [0.717, 1.165) is 5.56 Å². The lowest BCUT2D eigenvalue weighted by molar-refractivity contribution is 0.0367. The van der Waals surface area contributed by atoms with Gasteiger partial charge in [0.05, 0.1) is 18.9 Å². The first kappa shape index (κ1) is 27.6. The minimum absolute atomic E-state index is 0.00603. The number of benzene rings is 2. The number of piperazine rings is 1. The zero-order chi connectivity index (χ0) is 28.1. The summed E-state index contributed by atoms with van der Waals surface area (Å²) in [6.07, 6.45) is -0.375. The van der Waals surface area contributed by atoms with Gasteiger partial charge in [0.1, 0.15) is 17.0 Å². The topological polar surface area (TPSA) is 114 Å². The number of aryl methyl sites for hydroxylation is 1. The first-order valence-electron chi connectivity index (χ1n) is 12.8. The van der Waals surface area contributed by atoms with E-state index in [9.17, 15) is 14.4 Å². The summed E-state index contributed by atoms with van der Waals surface area (Å²) in [5.74, 6) is -0.0668. The van der Waals surface area contributed by atoms with Crippen LogP contribution in [0.3, 0.4) is 0 Å². The van der Waals surface area contributed by atoms with Crippen LogP contribution in [0.5, 0.6) is 5.75 Å². The molecule has 1 atom stereocenters. The number of hydrogen-bond donors (Lipinski definition) is 1. The minimum Gasteiger partial charge on any atom is -0.497 e. The van der Waals surface area contributed by atoms with Crippen LogP contribution in [0, 0.1) is 6.92 Å². The Balaban J connectivity index is 1.57. The van der Waals surface area contributed by atoms with E-state index in [0.29, 0.717) is 29.5 Å². The Morgan fingerprint density at radius 1 is 1.03 bits per heavy atom. The Bertz CT molecular complexity index is 1360. The molecule has 0 spiro atoms. The van der Waals surface area contributed by atoms with Crippen LogP contribution in [0.15, 0.2) is 54.6 Å². The number of nitrogens with one attached hydrogen (secondary N) is 1. The molecule has 39 heavy (non-hydrogen) atoms. The number of carbonyl (C=O) groups is 3. The summed E-state index contributed by atoms with van der Waals surface area (Å²) in [5.41, 5.74) is 1.75. The van der Waals surface area contributed by atoms with E-state index >= 15 is 0 Å². The van der Waals surface area contributed by atoms with Gasteiger partial charge in [-0.25, -0.2) is 19.6 Å². The lowest BCUT2D eigenvalue weighted by atomic mass is 10.1. The van der Waals surface area contributed by atoms with Crippen LogP contribution in [0.25, 0.3) is 11.4 Å². The Morgan fingerprint density at radius 2 is 1.77 bits per heavy atom. The monoisotopic (exact) mass is 531 g/mol. The van der Waals surface area contributed by atoms with Gasteiger partial charge in [-0.2, -0.15) is 0 Å². The zero-order valence-electron chi connectivity index (χ0n) is 22.8. The first-order valence-corrected chi connectivity index (χ1v) is 12.8. The SMILES string of the molecule is COc1cccc(NC(=O)N2CCN(C(=O)c3nc(-c4ccccc4)nc(C)c3C(=O)OC(C)C)CC2C)c1. The maximum absolute atomic E-state index is 13.8. The summed E-state index contributed by atoms with van der Waals surface area (Å²) in [6.45, 7) is 7.88. The highest BCUT2D eigenvalue weighted by Gasteiger charge is 2.34. The van der Waals surface area contributed by atoms with E-state index < -0.39 is 11.9 Å². The van der Waals surface area contributed by atoms with Crippen LogP contribution >= 0.6 is 0 Å². The van der Waals surface area contributed by atoms with Gasteiger partial charge in [0.2, 0.25) is 0 Å². The van der Waals surface area contributed by atoms with Crippen molar-refractivity contribution in [3.05, 3.63) is 71.5 Å². The number of anilines is 1. The van der Waals surface area contributed by atoms with E-state index in [2.05, 4.69) is 15.3 Å². The maximum atomic E-state index is 13.8. The van der Waals surface area contributed by atoms with E-state index in [-0.39, 0.29) is 42.5 Å². The van der Waals surface area contributed by atoms with E-state index in [4.69, 9.17) is 9.47 Å². The number of hydrogen-bond acceptors (Lipinski definition) is 7. The van der Waals surface area contributed by atoms with E-state index in [1.807, 2.05) is 37.3 Å². The second-order valence-corrected chi connectivity index (χ2v) is 9.63. The summed E-state index contributed by atoms with van der Waals surface area (Å²) in [6, 6.07) is 15.8. The van der Waals surface area contributed by atoms with Crippen molar-refractivity contribution in [3.63, 3.8) is 0 Å². The molecule has 10 nitrogen and oxygen atoms in total. The molecule has 1 fully saturated rings. The molecule has 0 aliphatic carbocycles. The van der Waals surface area contributed by atoms with Crippen molar-refractivity contribution in [3.8, 4) is 17.1 Å². The highest BCUT2D eigenvalue weighted by atomic mass is 16.5. The standard InChI is InChI=1S/C29H33N5O5/c1-18(2)39-28(36)24-20(4)30-26(21-10-7-6-8-11-21)32-25(24)27(35)33-14-15-34(19(3)17-33)29(37)31-22-12-9-13-23(16-22)38-5/h6-13,16,18-19H,14-15,17H2,1-5H3,(H,31,37). The summed E-state index contributed by atoms with van der Waals surface area (Å²) in [4.78, 5) is 52.2. The molecular formula is C29H33N5O5. The highest BCUT2D eigenvalue weighted by molar-refractivity contribution is 6.05. The van der Waals surface area contributed by atoms with Gasteiger partial charge in [-0.05, 0) is 39.8 Å². The number of nitrogens with zero attached hydrogens (tertiary/aromatic N) is 4. The normalized spacial score (nSPS) is 15.2. The second-order valence-electron chi connectivity index (χ2n) is 9.63. The Kier molecular flexibility index (Phi) is 8.43. The molecule has 2 heterocycles. The fourth-order valence-electron chi connectivity index (χ4n) is 4.45. The summed E-state index contributed by atoms with van der Waals surface area (Å²) >= 11 is 0. The van der Waals surface area contributed by atoms with Crippen LogP contribution in [0.1, 0.15) is 47.3 Å². The van der Waals surface area contributed by atoms with Gasteiger partial charge in [-0.3, -0.25) is 4.79 Å². The van der Waals surface area contributed by atoms with Gasteiger partial charge in [-0.15, -0.1) is 0 Å². The van der Waals surface area contributed by atoms with Crippen molar-refractivity contribution in [2.45, 2.75) is 39.8 Å². The maximum Gasteiger partial charge on any atom is 0.342 e. The largest absolute Gasteiger partial charge is 0.497 e. The molecular weight excluding hydrogens is 498 g/mol. The van der Waals surface area contributed by atoms with Crippen LogP contribution in [0.2, 0.25) is 0 Å². The number of methoxy groups -OCH3 is 1. The lowest BCUT2D eigenvalue weighted by Crippen LogP contribution is -2.56. The molecule has 3 amide bonds. The van der Waals surface area contributed by atoms with Gasteiger partial charge in [0, 0.05) is 43.0 Å². The number of ether oxygens (including phenoxy) is 2. The number of esters is 1. The quantitative estimate of drug-likeness (QED) is 0.469. The third-order valence-corrected chi connectivity index (χ3v) is 6.37. The first-order chi connectivity index (χ1) is 18.7. The van der Waals surface area contributed by atoms with Crippen molar-refractivity contribution >= 4 is 23.6 Å². The summed E-state index contributed by atoms with van der Waals surface area (Å²) < 4.78 is 10.6. The molecule has 3 aromatic rings.